The van der Waals surface area contributed by atoms with Crippen LogP contribution in [0.25, 0.3) is 11.1 Å². The third kappa shape index (κ3) is 4.34. The van der Waals surface area contributed by atoms with Crippen LogP contribution in [-0.4, -0.2) is 53.9 Å². The Morgan fingerprint density at radius 1 is 1.25 bits per heavy atom. The molecule has 1 unspecified atom stereocenters. The zero-order valence-corrected chi connectivity index (χ0v) is 16.3. The van der Waals surface area contributed by atoms with Gasteiger partial charge in [0.2, 0.25) is 0 Å². The fourth-order valence-electron chi connectivity index (χ4n) is 4.08. The number of hydrogen-bond donors (Lipinski definition) is 1. The fourth-order valence-corrected chi connectivity index (χ4v) is 4.08. The Labute approximate surface area is 165 Å². The van der Waals surface area contributed by atoms with Crippen molar-refractivity contribution in [1.82, 2.24) is 15.2 Å². The van der Waals surface area contributed by atoms with Crippen molar-refractivity contribution in [3.63, 3.8) is 0 Å². The number of morpholine rings is 1. The number of pyridine rings is 1. The molecule has 0 bridgehead atoms. The summed E-state index contributed by atoms with van der Waals surface area (Å²) in [6, 6.07) is 12.1. The Kier molecular flexibility index (Phi) is 5.59. The van der Waals surface area contributed by atoms with E-state index in [0.717, 1.165) is 29.5 Å². The number of rotatable bonds is 3. The molecule has 2 fully saturated rings. The Bertz CT molecular complexity index is 806. The molecule has 6 nitrogen and oxygen atoms in total. The van der Waals surface area contributed by atoms with E-state index in [1.54, 1.807) is 6.20 Å². The van der Waals surface area contributed by atoms with Crippen LogP contribution in [0.15, 0.2) is 48.8 Å². The van der Waals surface area contributed by atoms with E-state index < -0.39 is 0 Å². The first kappa shape index (κ1) is 18.9. The molecule has 2 aliphatic rings. The molecule has 28 heavy (non-hydrogen) atoms. The van der Waals surface area contributed by atoms with Gasteiger partial charge in [0.15, 0.2) is 0 Å². The van der Waals surface area contributed by atoms with E-state index in [-0.39, 0.29) is 17.7 Å². The summed E-state index contributed by atoms with van der Waals surface area (Å²) in [5.74, 6) is 0. The van der Waals surface area contributed by atoms with Gasteiger partial charge in [-0.25, -0.2) is 4.79 Å². The molecular formula is C22H27N3O3. The fraction of sp³-hybridized carbons (Fsp3) is 0.455. The molecule has 2 saturated heterocycles. The number of hydrogen-bond acceptors (Lipinski definition) is 4. The lowest BCUT2D eigenvalue weighted by atomic mass is 9.91. The zero-order valence-electron chi connectivity index (χ0n) is 16.3. The molecule has 0 radical (unpaired) electrons. The summed E-state index contributed by atoms with van der Waals surface area (Å²) in [4.78, 5) is 18.9. The van der Waals surface area contributed by atoms with Gasteiger partial charge in [0.1, 0.15) is 0 Å². The number of benzene rings is 1. The molecule has 6 heteroatoms. The topological polar surface area (TPSA) is 63.7 Å². The van der Waals surface area contributed by atoms with Crippen LogP contribution in [0.2, 0.25) is 0 Å². The van der Waals surface area contributed by atoms with Gasteiger partial charge in [-0.05, 0) is 35.7 Å². The summed E-state index contributed by atoms with van der Waals surface area (Å²) in [6.07, 6.45) is 5.33. The van der Waals surface area contributed by atoms with Gasteiger partial charge in [0.25, 0.3) is 0 Å². The Morgan fingerprint density at radius 3 is 2.86 bits per heavy atom. The third-order valence-electron chi connectivity index (χ3n) is 5.46. The second-order valence-electron chi connectivity index (χ2n) is 7.71. The summed E-state index contributed by atoms with van der Waals surface area (Å²) in [6.45, 7) is 5.17. The highest BCUT2D eigenvalue weighted by Crippen LogP contribution is 2.31. The van der Waals surface area contributed by atoms with Crippen molar-refractivity contribution in [1.29, 1.82) is 0 Å². The molecule has 1 atom stereocenters. The highest BCUT2D eigenvalue weighted by atomic mass is 16.5. The standard InChI is InChI=1S/C22H27N3O3/c1-17-15-25(16-22(28-17)7-10-27-11-8-22)21(26)24-13-18-4-2-5-19(12-18)20-6-3-9-23-14-20/h2-6,9,12,14,17H,7-8,10-11,13,15-16H2,1H3,(H,24,26). The molecule has 1 spiro atoms. The second kappa shape index (κ2) is 8.29. The van der Waals surface area contributed by atoms with Crippen molar-refractivity contribution in [2.75, 3.05) is 26.3 Å². The average Bonchev–Trinajstić information content (AvgIpc) is 2.73. The largest absolute Gasteiger partial charge is 0.381 e. The smallest absolute Gasteiger partial charge is 0.317 e. The number of ether oxygens (including phenoxy) is 2. The maximum Gasteiger partial charge on any atom is 0.317 e. The lowest BCUT2D eigenvalue weighted by molar-refractivity contribution is -0.175. The molecule has 2 aliphatic heterocycles. The molecule has 1 aromatic heterocycles. The Morgan fingerprint density at radius 2 is 2.07 bits per heavy atom. The van der Waals surface area contributed by atoms with Crippen LogP contribution >= 0.6 is 0 Å². The first-order chi connectivity index (χ1) is 13.6. The summed E-state index contributed by atoms with van der Waals surface area (Å²) >= 11 is 0. The maximum atomic E-state index is 12.8. The van der Waals surface area contributed by atoms with Gasteiger partial charge in [-0.15, -0.1) is 0 Å². The predicted octanol–water partition coefficient (Wildman–Crippen LogP) is 3.23. The summed E-state index contributed by atoms with van der Waals surface area (Å²) in [5.41, 5.74) is 2.98. The summed E-state index contributed by atoms with van der Waals surface area (Å²) in [5, 5.41) is 3.07. The van der Waals surface area contributed by atoms with Crippen LogP contribution in [-0.2, 0) is 16.0 Å². The van der Waals surface area contributed by atoms with Gasteiger partial charge in [-0.3, -0.25) is 4.98 Å². The van der Waals surface area contributed by atoms with Crippen LogP contribution in [0, 0.1) is 0 Å². The van der Waals surface area contributed by atoms with E-state index in [9.17, 15) is 4.79 Å². The van der Waals surface area contributed by atoms with Gasteiger partial charge in [0.05, 0.1) is 18.2 Å². The Hall–Kier alpha value is -2.44. The molecule has 1 aromatic carbocycles. The third-order valence-corrected chi connectivity index (χ3v) is 5.46. The zero-order chi connectivity index (χ0) is 19.4. The van der Waals surface area contributed by atoms with E-state index in [2.05, 4.69) is 22.4 Å². The monoisotopic (exact) mass is 381 g/mol. The molecule has 1 N–H and O–H groups in total. The number of nitrogens with zero attached hydrogens (tertiary/aromatic N) is 2. The molecule has 3 heterocycles. The number of nitrogens with one attached hydrogen (secondary N) is 1. The molecule has 2 amide bonds. The van der Waals surface area contributed by atoms with E-state index in [1.807, 2.05) is 42.3 Å². The number of urea groups is 1. The van der Waals surface area contributed by atoms with E-state index in [1.165, 1.54) is 0 Å². The number of carbonyl (C=O) groups excluding carboxylic acids is 1. The van der Waals surface area contributed by atoms with Gasteiger partial charge < -0.3 is 19.7 Å². The first-order valence-electron chi connectivity index (χ1n) is 9.91. The van der Waals surface area contributed by atoms with Crippen LogP contribution in [0.3, 0.4) is 0 Å². The van der Waals surface area contributed by atoms with Crippen LogP contribution < -0.4 is 5.32 Å². The minimum absolute atomic E-state index is 0.0338. The van der Waals surface area contributed by atoms with E-state index in [0.29, 0.717) is 32.8 Å². The van der Waals surface area contributed by atoms with Crippen LogP contribution in [0.1, 0.15) is 25.3 Å². The van der Waals surface area contributed by atoms with E-state index >= 15 is 0 Å². The molecule has 0 saturated carbocycles. The van der Waals surface area contributed by atoms with Gasteiger partial charge in [0, 0.05) is 51.5 Å². The van der Waals surface area contributed by atoms with Gasteiger partial charge in [-0.2, -0.15) is 0 Å². The molecule has 148 valence electrons. The van der Waals surface area contributed by atoms with Gasteiger partial charge in [-0.1, -0.05) is 24.3 Å². The highest BCUT2D eigenvalue weighted by molar-refractivity contribution is 5.74. The quantitative estimate of drug-likeness (QED) is 0.887. The summed E-state index contributed by atoms with van der Waals surface area (Å²) < 4.78 is 11.7. The van der Waals surface area contributed by atoms with Crippen molar-refractivity contribution in [2.24, 2.45) is 0 Å². The first-order valence-corrected chi connectivity index (χ1v) is 9.91. The predicted molar refractivity (Wildman–Crippen MR) is 107 cm³/mol. The molecule has 4 rings (SSSR count). The molecule has 0 aliphatic carbocycles. The Balaban J connectivity index is 1.39. The van der Waals surface area contributed by atoms with E-state index in [4.69, 9.17) is 9.47 Å². The van der Waals surface area contributed by atoms with Crippen molar-refractivity contribution >= 4 is 6.03 Å². The number of amides is 2. The SMILES string of the molecule is CC1CN(C(=O)NCc2cccc(-c3cccnc3)c2)CC2(CCOCC2)O1. The minimum Gasteiger partial charge on any atom is -0.381 e. The van der Waals surface area contributed by atoms with Gasteiger partial charge >= 0.3 is 6.03 Å². The molecular weight excluding hydrogens is 354 g/mol. The molecule has 2 aromatic rings. The minimum atomic E-state index is -0.256. The summed E-state index contributed by atoms with van der Waals surface area (Å²) in [7, 11) is 0. The number of carbonyl (C=O) groups is 1. The van der Waals surface area contributed by atoms with Crippen molar-refractivity contribution in [3.8, 4) is 11.1 Å². The van der Waals surface area contributed by atoms with Crippen molar-refractivity contribution in [2.45, 2.75) is 38.0 Å². The van der Waals surface area contributed by atoms with Crippen molar-refractivity contribution < 1.29 is 14.3 Å². The maximum absolute atomic E-state index is 12.8. The van der Waals surface area contributed by atoms with Crippen LogP contribution in [0.4, 0.5) is 4.79 Å². The second-order valence-corrected chi connectivity index (χ2v) is 7.71. The lowest BCUT2D eigenvalue weighted by Crippen LogP contribution is -2.60. The van der Waals surface area contributed by atoms with Crippen LogP contribution in [0.5, 0.6) is 0 Å². The normalized spacial score (nSPS) is 21.5. The van der Waals surface area contributed by atoms with Crippen molar-refractivity contribution in [3.05, 3.63) is 54.4 Å². The number of aromatic nitrogens is 1. The lowest BCUT2D eigenvalue weighted by Gasteiger charge is -2.47. The average molecular weight is 381 g/mol. The highest BCUT2D eigenvalue weighted by Gasteiger charge is 2.42.